The number of likely N-dealkylation sites (N-methyl/N-ethyl adjacent to an activating group) is 1. The van der Waals surface area contributed by atoms with Crippen LogP contribution in [0.4, 0.5) is 0 Å². The second-order valence-corrected chi connectivity index (χ2v) is 4.38. The standard InChI is InChI=1S/C10H17N3O2S/c1-2-12-7(14)6-13-9(15)10(8(11)16)4-3-5-10/h2-6H2,1H3,(H2,11,16)(H,12,14)(H,13,15). The summed E-state index contributed by atoms with van der Waals surface area (Å²) in [4.78, 5) is 23.2. The summed E-state index contributed by atoms with van der Waals surface area (Å²) in [6, 6.07) is 0. The van der Waals surface area contributed by atoms with E-state index in [4.69, 9.17) is 18.0 Å². The Balaban J connectivity index is 2.45. The van der Waals surface area contributed by atoms with Crippen LogP contribution in [0.1, 0.15) is 26.2 Å². The van der Waals surface area contributed by atoms with E-state index in [2.05, 4.69) is 10.6 Å². The molecule has 16 heavy (non-hydrogen) atoms. The van der Waals surface area contributed by atoms with Crippen molar-refractivity contribution in [3.63, 3.8) is 0 Å². The molecule has 6 heteroatoms. The van der Waals surface area contributed by atoms with Crippen LogP contribution in [0.25, 0.3) is 0 Å². The molecule has 1 fully saturated rings. The molecule has 0 spiro atoms. The highest BCUT2D eigenvalue weighted by molar-refractivity contribution is 7.80. The van der Waals surface area contributed by atoms with Crippen LogP contribution < -0.4 is 16.4 Å². The van der Waals surface area contributed by atoms with Crippen LogP contribution in [0.5, 0.6) is 0 Å². The molecule has 0 heterocycles. The molecule has 4 N–H and O–H groups in total. The minimum absolute atomic E-state index is 0.0168. The average Bonchev–Trinajstić information content (AvgIpc) is 2.12. The Morgan fingerprint density at radius 3 is 2.38 bits per heavy atom. The predicted octanol–water partition coefficient (Wildman–Crippen LogP) is -0.305. The van der Waals surface area contributed by atoms with E-state index in [9.17, 15) is 9.59 Å². The summed E-state index contributed by atoms with van der Waals surface area (Å²) in [6.07, 6.45) is 2.32. The molecule has 0 radical (unpaired) electrons. The third-order valence-electron chi connectivity index (χ3n) is 2.90. The van der Waals surface area contributed by atoms with Crippen LogP contribution in [0.2, 0.25) is 0 Å². The number of nitrogens with one attached hydrogen (secondary N) is 2. The van der Waals surface area contributed by atoms with Crippen molar-refractivity contribution in [3.8, 4) is 0 Å². The van der Waals surface area contributed by atoms with E-state index in [1.165, 1.54) is 0 Å². The first-order valence-corrected chi connectivity index (χ1v) is 5.78. The van der Waals surface area contributed by atoms with E-state index in [1.54, 1.807) is 0 Å². The number of rotatable bonds is 5. The lowest BCUT2D eigenvalue weighted by atomic mass is 9.68. The summed E-state index contributed by atoms with van der Waals surface area (Å²) >= 11 is 4.90. The lowest BCUT2D eigenvalue weighted by Crippen LogP contribution is -2.54. The van der Waals surface area contributed by atoms with Crippen molar-refractivity contribution < 1.29 is 9.59 Å². The molecule has 1 aliphatic carbocycles. The molecule has 1 rings (SSSR count). The van der Waals surface area contributed by atoms with Crippen LogP contribution in [0.15, 0.2) is 0 Å². The fourth-order valence-corrected chi connectivity index (χ4v) is 2.00. The van der Waals surface area contributed by atoms with Gasteiger partial charge in [0.25, 0.3) is 0 Å². The maximum absolute atomic E-state index is 11.8. The van der Waals surface area contributed by atoms with Gasteiger partial charge in [0.2, 0.25) is 11.8 Å². The first kappa shape index (κ1) is 12.9. The number of amides is 2. The zero-order valence-corrected chi connectivity index (χ0v) is 10.2. The number of nitrogens with two attached hydrogens (primary N) is 1. The van der Waals surface area contributed by atoms with Gasteiger partial charge in [0.1, 0.15) is 0 Å². The van der Waals surface area contributed by atoms with Crippen molar-refractivity contribution in [1.29, 1.82) is 0 Å². The summed E-state index contributed by atoms with van der Waals surface area (Å²) < 4.78 is 0. The van der Waals surface area contributed by atoms with Gasteiger partial charge in [-0.05, 0) is 19.8 Å². The van der Waals surface area contributed by atoms with Crippen molar-refractivity contribution >= 4 is 29.0 Å². The fraction of sp³-hybridized carbons (Fsp3) is 0.700. The molecule has 90 valence electrons. The number of carbonyl (C=O) groups excluding carboxylic acids is 2. The highest BCUT2D eigenvalue weighted by atomic mass is 32.1. The summed E-state index contributed by atoms with van der Waals surface area (Å²) in [5.41, 5.74) is 4.86. The summed E-state index contributed by atoms with van der Waals surface area (Å²) in [5, 5.41) is 5.17. The summed E-state index contributed by atoms with van der Waals surface area (Å²) in [5.74, 6) is -0.425. The number of hydrogen-bond donors (Lipinski definition) is 3. The van der Waals surface area contributed by atoms with E-state index in [1.807, 2.05) is 6.92 Å². The minimum atomic E-state index is -0.707. The van der Waals surface area contributed by atoms with Gasteiger partial charge in [-0.15, -0.1) is 0 Å². The third-order valence-corrected chi connectivity index (χ3v) is 3.29. The minimum Gasteiger partial charge on any atom is -0.392 e. The van der Waals surface area contributed by atoms with E-state index in [0.29, 0.717) is 19.4 Å². The van der Waals surface area contributed by atoms with Gasteiger partial charge in [-0.2, -0.15) is 0 Å². The molecule has 0 aromatic rings. The maximum Gasteiger partial charge on any atom is 0.239 e. The molecule has 1 aliphatic rings. The maximum atomic E-state index is 11.8. The highest BCUT2D eigenvalue weighted by Crippen LogP contribution is 2.41. The van der Waals surface area contributed by atoms with Crippen LogP contribution in [-0.4, -0.2) is 29.9 Å². The van der Waals surface area contributed by atoms with Gasteiger partial charge in [-0.25, -0.2) is 0 Å². The predicted molar refractivity (Wildman–Crippen MR) is 64.8 cm³/mol. The first-order valence-electron chi connectivity index (χ1n) is 5.38. The number of carbonyl (C=O) groups is 2. The van der Waals surface area contributed by atoms with Gasteiger partial charge in [0.15, 0.2) is 0 Å². The molecule has 0 unspecified atom stereocenters. The first-order chi connectivity index (χ1) is 7.53. The molecule has 1 saturated carbocycles. The van der Waals surface area contributed by atoms with Crippen LogP contribution in [-0.2, 0) is 9.59 Å². The second-order valence-electron chi connectivity index (χ2n) is 3.94. The Labute approximate surface area is 100 Å². The molecule has 2 amide bonds. The van der Waals surface area contributed by atoms with E-state index in [0.717, 1.165) is 6.42 Å². The van der Waals surface area contributed by atoms with Gasteiger partial charge >= 0.3 is 0 Å². The number of thiocarbonyl (C=S) groups is 1. The molecule has 0 saturated heterocycles. The Hall–Kier alpha value is -1.17. The molecule has 0 bridgehead atoms. The molecule has 0 aliphatic heterocycles. The third kappa shape index (κ3) is 2.49. The van der Waals surface area contributed by atoms with E-state index in [-0.39, 0.29) is 23.3 Å². The van der Waals surface area contributed by atoms with E-state index < -0.39 is 5.41 Å². The number of hydrogen-bond acceptors (Lipinski definition) is 3. The molecule has 0 aromatic heterocycles. The molecule has 0 aromatic carbocycles. The van der Waals surface area contributed by atoms with Crippen LogP contribution >= 0.6 is 12.2 Å². The van der Waals surface area contributed by atoms with Crippen molar-refractivity contribution in [2.45, 2.75) is 26.2 Å². The second kappa shape index (κ2) is 5.25. The molecule has 0 atom stereocenters. The van der Waals surface area contributed by atoms with Crippen molar-refractivity contribution in [3.05, 3.63) is 0 Å². The smallest absolute Gasteiger partial charge is 0.239 e. The zero-order valence-electron chi connectivity index (χ0n) is 9.34. The van der Waals surface area contributed by atoms with Gasteiger partial charge in [0.05, 0.1) is 16.9 Å². The van der Waals surface area contributed by atoms with Gasteiger partial charge in [-0.1, -0.05) is 18.6 Å². The Kier molecular flexibility index (Phi) is 4.23. The molecule has 5 nitrogen and oxygen atoms in total. The van der Waals surface area contributed by atoms with Crippen molar-refractivity contribution in [2.24, 2.45) is 11.1 Å². The van der Waals surface area contributed by atoms with Gasteiger partial charge in [-0.3, -0.25) is 9.59 Å². The van der Waals surface area contributed by atoms with E-state index >= 15 is 0 Å². The molecular formula is C10H17N3O2S. The largest absolute Gasteiger partial charge is 0.392 e. The fourth-order valence-electron chi connectivity index (χ4n) is 1.71. The Bertz CT molecular complexity index is 313. The summed E-state index contributed by atoms with van der Waals surface area (Å²) in [7, 11) is 0. The molecular weight excluding hydrogens is 226 g/mol. The monoisotopic (exact) mass is 243 g/mol. The van der Waals surface area contributed by atoms with Gasteiger partial charge in [0, 0.05) is 6.54 Å². The SMILES string of the molecule is CCNC(=O)CNC(=O)C1(C(N)=S)CCC1. The normalized spacial score (nSPS) is 17.1. The van der Waals surface area contributed by atoms with Crippen molar-refractivity contribution in [2.75, 3.05) is 13.1 Å². The topological polar surface area (TPSA) is 84.2 Å². The lowest BCUT2D eigenvalue weighted by Gasteiger charge is -2.38. The van der Waals surface area contributed by atoms with Crippen LogP contribution in [0, 0.1) is 5.41 Å². The quantitative estimate of drug-likeness (QED) is 0.579. The highest BCUT2D eigenvalue weighted by Gasteiger charge is 2.46. The Morgan fingerprint density at radius 1 is 1.38 bits per heavy atom. The van der Waals surface area contributed by atoms with Crippen LogP contribution in [0.3, 0.4) is 0 Å². The lowest BCUT2D eigenvalue weighted by molar-refractivity contribution is -0.133. The zero-order chi connectivity index (χ0) is 12.2. The van der Waals surface area contributed by atoms with Gasteiger partial charge < -0.3 is 16.4 Å². The van der Waals surface area contributed by atoms with Crippen molar-refractivity contribution in [1.82, 2.24) is 10.6 Å². The summed E-state index contributed by atoms with van der Waals surface area (Å²) in [6.45, 7) is 2.36. The average molecular weight is 243 g/mol. The Morgan fingerprint density at radius 2 is 2.00 bits per heavy atom.